The highest BCUT2D eigenvalue weighted by molar-refractivity contribution is 5.84. The van der Waals surface area contributed by atoms with E-state index in [4.69, 9.17) is 9.84 Å². The molecular formula is C24H28N2O5. The predicted octanol–water partition coefficient (Wildman–Crippen LogP) is 2.90. The third-order valence-electron chi connectivity index (χ3n) is 5.57. The highest BCUT2D eigenvalue weighted by atomic mass is 16.5. The van der Waals surface area contributed by atoms with Crippen LogP contribution in [0, 0.1) is 6.92 Å². The number of hydrogen-bond acceptors (Lipinski definition) is 4. The van der Waals surface area contributed by atoms with Crippen LogP contribution in [0.15, 0.2) is 24.8 Å². The number of aliphatic carboxylic acids is 1. The van der Waals surface area contributed by atoms with E-state index in [0.717, 1.165) is 33.4 Å². The van der Waals surface area contributed by atoms with Crippen molar-refractivity contribution in [3.05, 3.63) is 46.8 Å². The van der Waals surface area contributed by atoms with Gasteiger partial charge in [-0.25, -0.2) is 4.79 Å². The van der Waals surface area contributed by atoms with E-state index in [-0.39, 0.29) is 18.8 Å². The number of aromatic nitrogens is 2. The zero-order valence-electron chi connectivity index (χ0n) is 18.1. The second-order valence-corrected chi connectivity index (χ2v) is 7.62. The molecule has 0 aliphatic rings. The summed E-state index contributed by atoms with van der Waals surface area (Å²) >= 11 is 0. The van der Waals surface area contributed by atoms with Gasteiger partial charge in [-0.2, -0.15) is 0 Å². The first-order valence-electron chi connectivity index (χ1n) is 10.6. The van der Waals surface area contributed by atoms with Gasteiger partial charge in [-0.15, -0.1) is 6.58 Å². The first-order valence-corrected chi connectivity index (χ1v) is 10.6. The Balaban J connectivity index is 2.18. The lowest BCUT2D eigenvalue weighted by atomic mass is 9.99. The minimum atomic E-state index is -0.832. The van der Waals surface area contributed by atoms with Crippen molar-refractivity contribution in [2.75, 3.05) is 6.61 Å². The normalized spacial score (nSPS) is 11.2. The summed E-state index contributed by atoms with van der Waals surface area (Å²) in [6, 6.07) is 4.04. The number of aryl methyl sites for hydroxylation is 3. The Labute approximate surface area is 180 Å². The summed E-state index contributed by atoms with van der Waals surface area (Å²) < 4.78 is 9.03. The fourth-order valence-electron chi connectivity index (χ4n) is 4.37. The third kappa shape index (κ3) is 4.28. The lowest BCUT2D eigenvalue weighted by Gasteiger charge is -2.09. The number of esters is 1. The number of carboxylic acids is 1. The summed E-state index contributed by atoms with van der Waals surface area (Å²) in [5.41, 5.74) is 5.69. The maximum absolute atomic E-state index is 12.0. The van der Waals surface area contributed by atoms with Gasteiger partial charge in [-0.05, 0) is 62.3 Å². The molecule has 3 aromatic heterocycles. The molecule has 3 rings (SSSR count). The first-order chi connectivity index (χ1) is 14.9. The molecule has 0 unspecified atom stereocenters. The van der Waals surface area contributed by atoms with Crippen molar-refractivity contribution in [2.45, 2.75) is 58.9 Å². The van der Waals surface area contributed by atoms with Gasteiger partial charge in [0.1, 0.15) is 5.65 Å². The molecule has 0 saturated heterocycles. The Morgan fingerprint density at radius 1 is 1.19 bits per heavy atom. The lowest BCUT2D eigenvalue weighted by molar-refractivity contribution is -0.143. The smallest absolute Gasteiger partial charge is 0.305 e. The summed E-state index contributed by atoms with van der Waals surface area (Å²) in [4.78, 5) is 34.9. The van der Waals surface area contributed by atoms with Crippen LogP contribution >= 0.6 is 0 Å². The van der Waals surface area contributed by atoms with E-state index in [1.54, 1.807) is 13.0 Å². The number of carbonyl (C=O) groups excluding carboxylic acids is 2. The second kappa shape index (κ2) is 9.67. The molecule has 0 saturated carbocycles. The molecule has 7 nitrogen and oxygen atoms in total. The Morgan fingerprint density at radius 2 is 1.90 bits per heavy atom. The van der Waals surface area contributed by atoms with Crippen LogP contribution < -0.4 is 5.35 Å². The highest BCUT2D eigenvalue weighted by Gasteiger charge is 2.23. The molecule has 0 atom stereocenters. The van der Waals surface area contributed by atoms with Crippen LogP contribution in [0.3, 0.4) is 0 Å². The fourth-order valence-corrected chi connectivity index (χ4v) is 4.37. The number of allylic oxidation sites excluding steroid dienone is 1. The molecule has 0 bridgehead atoms. The summed E-state index contributed by atoms with van der Waals surface area (Å²) in [5.74, 6) is 1.04. The van der Waals surface area contributed by atoms with Crippen LogP contribution in [0.1, 0.15) is 49.3 Å². The summed E-state index contributed by atoms with van der Waals surface area (Å²) in [6.07, 6.45) is 4.36. The van der Waals surface area contributed by atoms with Gasteiger partial charge in [0.2, 0.25) is 0 Å². The number of rotatable bonds is 11. The van der Waals surface area contributed by atoms with Crippen LogP contribution in [0.2, 0.25) is 0 Å². The summed E-state index contributed by atoms with van der Waals surface area (Å²) in [6.45, 7) is 8.41. The van der Waals surface area contributed by atoms with Crippen LogP contribution in [0.5, 0.6) is 0 Å². The molecule has 7 heteroatoms. The number of nitrogens with zero attached hydrogens (tertiary/aromatic N) is 2. The molecule has 0 aromatic carbocycles. The van der Waals surface area contributed by atoms with Gasteiger partial charge in [0.05, 0.1) is 17.6 Å². The van der Waals surface area contributed by atoms with Crippen molar-refractivity contribution in [2.24, 2.45) is 0 Å². The predicted molar refractivity (Wildman–Crippen MR) is 118 cm³/mol. The minimum Gasteiger partial charge on any atom is -0.481 e. The van der Waals surface area contributed by atoms with Gasteiger partial charge >= 0.3 is 11.9 Å². The van der Waals surface area contributed by atoms with Crippen molar-refractivity contribution >= 4 is 34.6 Å². The van der Waals surface area contributed by atoms with E-state index in [1.807, 2.05) is 23.6 Å². The van der Waals surface area contributed by atoms with Gasteiger partial charge in [-0.1, -0.05) is 12.1 Å². The zero-order chi connectivity index (χ0) is 22.5. The molecule has 0 fully saturated rings. The van der Waals surface area contributed by atoms with Crippen LogP contribution in [0.25, 0.3) is 16.7 Å². The van der Waals surface area contributed by atoms with Crippen molar-refractivity contribution in [1.82, 2.24) is 8.97 Å². The third-order valence-corrected chi connectivity index (χ3v) is 5.57. The number of carbonyl (C=O) groups is 2. The van der Waals surface area contributed by atoms with E-state index >= 15 is 0 Å². The average molecular weight is 424 g/mol. The molecule has 164 valence electrons. The quantitative estimate of drug-likeness (QED) is 0.378. The van der Waals surface area contributed by atoms with Crippen molar-refractivity contribution in [3.63, 3.8) is 0 Å². The van der Waals surface area contributed by atoms with Gasteiger partial charge < -0.3 is 14.4 Å². The maximum Gasteiger partial charge on any atom is 0.305 e. The van der Waals surface area contributed by atoms with Crippen molar-refractivity contribution < 1.29 is 24.2 Å². The molecule has 0 spiro atoms. The Hall–Kier alpha value is -3.31. The Kier molecular flexibility index (Phi) is 6.98. The largest absolute Gasteiger partial charge is 0.481 e. The summed E-state index contributed by atoms with van der Waals surface area (Å²) in [7, 11) is 0. The van der Waals surface area contributed by atoms with E-state index in [1.165, 1.54) is 0 Å². The number of hydrogen-bond donors (Lipinski definition) is 1. The van der Waals surface area contributed by atoms with Gasteiger partial charge in [0.15, 0.2) is 11.3 Å². The lowest BCUT2D eigenvalue weighted by Crippen LogP contribution is -2.18. The number of pyridine rings is 1. The van der Waals surface area contributed by atoms with Crippen LogP contribution in [0.4, 0.5) is 0 Å². The van der Waals surface area contributed by atoms with Crippen LogP contribution in [-0.2, 0) is 38.5 Å². The maximum atomic E-state index is 12.0. The summed E-state index contributed by atoms with van der Waals surface area (Å²) in [5, 5.41) is 9.52. The standard InChI is InChI=1S/C24H28N2O5/c1-4-14-25-20(15-27)23-18(9-7-11-22(30)31-5-2)17(8-6-10-21(28)29)19-13-12-16(3)24(25)26(19)23/h4,12-13H,1,5-11,14H2,2-3H3,(H,28,29). The van der Waals surface area contributed by atoms with Gasteiger partial charge in [0.25, 0.3) is 0 Å². The zero-order valence-corrected chi connectivity index (χ0v) is 18.1. The molecule has 31 heavy (non-hydrogen) atoms. The molecule has 0 aliphatic heterocycles. The minimum absolute atomic E-state index is 0.0760. The Morgan fingerprint density at radius 3 is 2.55 bits per heavy atom. The van der Waals surface area contributed by atoms with E-state index in [9.17, 15) is 14.4 Å². The van der Waals surface area contributed by atoms with Crippen molar-refractivity contribution in [3.8, 4) is 0 Å². The topological polar surface area (TPSA) is 90.0 Å². The molecule has 0 aliphatic carbocycles. The first kappa shape index (κ1) is 22.4. The average Bonchev–Trinajstić information content (AvgIpc) is 3.20. The van der Waals surface area contributed by atoms with E-state index < -0.39 is 5.97 Å². The highest BCUT2D eigenvalue weighted by Crippen LogP contribution is 2.31. The molecular weight excluding hydrogens is 396 g/mol. The van der Waals surface area contributed by atoms with Crippen molar-refractivity contribution in [1.29, 1.82) is 0 Å². The fraction of sp³-hybridized carbons (Fsp3) is 0.417. The number of ether oxygens (including phenoxy) is 1. The van der Waals surface area contributed by atoms with Gasteiger partial charge in [0, 0.05) is 19.4 Å². The second-order valence-electron chi connectivity index (χ2n) is 7.62. The van der Waals surface area contributed by atoms with E-state index in [0.29, 0.717) is 44.2 Å². The molecule has 1 N–H and O–H groups in total. The van der Waals surface area contributed by atoms with Gasteiger partial charge in [-0.3, -0.25) is 14.0 Å². The SMILES string of the molecule is C=CCn1c(=C=O)c2c(CCCC(=O)OCC)c(CCCC(=O)O)c3ccc(C)c1n32. The number of imidazole rings is 1. The monoisotopic (exact) mass is 424 g/mol. The number of carboxylic acid groups (broad SMARTS) is 1. The van der Waals surface area contributed by atoms with E-state index in [2.05, 4.69) is 16.9 Å². The molecule has 0 radical (unpaired) electrons. The molecule has 0 amide bonds. The Bertz CT molecular complexity index is 1210. The molecule has 3 heterocycles. The van der Waals surface area contributed by atoms with Crippen LogP contribution in [-0.4, -0.2) is 38.6 Å². The molecule has 3 aromatic rings.